The van der Waals surface area contributed by atoms with Gasteiger partial charge in [0, 0.05) is 0 Å². The van der Waals surface area contributed by atoms with Gasteiger partial charge >= 0.3 is 15.6 Å². The van der Waals surface area contributed by atoms with Crippen LogP contribution in [0.3, 0.4) is 0 Å². The SMILES string of the molecule is C=CCOCCOP(=O)(OCCOCC=C)OP(=O)(OCCOCC=C)OCCOCC=C. The van der Waals surface area contributed by atoms with Crippen molar-refractivity contribution in [1.82, 2.24) is 0 Å². The zero-order chi connectivity index (χ0) is 24.7. The number of hydrogen-bond acceptors (Lipinski definition) is 11. The first-order chi connectivity index (χ1) is 15.9. The summed E-state index contributed by atoms with van der Waals surface area (Å²) in [5.74, 6) is 0. The number of rotatable bonds is 26. The monoisotopic (exact) mass is 514 g/mol. The van der Waals surface area contributed by atoms with E-state index in [-0.39, 0.29) is 79.3 Å². The van der Waals surface area contributed by atoms with Crippen LogP contribution in [0.2, 0.25) is 0 Å². The van der Waals surface area contributed by atoms with Crippen molar-refractivity contribution in [3.05, 3.63) is 50.6 Å². The van der Waals surface area contributed by atoms with Gasteiger partial charge < -0.3 is 18.9 Å². The van der Waals surface area contributed by atoms with Crippen molar-refractivity contribution >= 4 is 15.6 Å². The lowest BCUT2D eigenvalue weighted by molar-refractivity contribution is 0.0486. The van der Waals surface area contributed by atoms with Gasteiger partial charge in [-0.05, 0) is 0 Å². The van der Waals surface area contributed by atoms with E-state index in [9.17, 15) is 9.13 Å². The Balaban J connectivity index is 5.11. The Morgan fingerprint density at radius 3 is 0.909 bits per heavy atom. The topological polar surface area (TPSA) is 117 Å². The van der Waals surface area contributed by atoms with Crippen LogP contribution in [0.5, 0.6) is 0 Å². The Labute approximate surface area is 196 Å². The molecule has 0 aliphatic heterocycles. The molecular formula is C20H36O11P2. The third-order valence-electron chi connectivity index (χ3n) is 3.05. The van der Waals surface area contributed by atoms with Crippen LogP contribution in [0.25, 0.3) is 0 Å². The first-order valence-corrected chi connectivity index (χ1v) is 13.1. The number of phosphoric acid groups is 2. The maximum absolute atomic E-state index is 13.1. The highest BCUT2D eigenvalue weighted by Gasteiger charge is 2.40. The molecule has 192 valence electrons. The summed E-state index contributed by atoms with van der Waals surface area (Å²) >= 11 is 0. The smallest absolute Gasteiger partial charge is 0.375 e. The Bertz CT molecular complexity index is 531. The third-order valence-corrected chi connectivity index (χ3v) is 6.65. The zero-order valence-corrected chi connectivity index (χ0v) is 20.8. The van der Waals surface area contributed by atoms with Crippen LogP contribution in [-0.2, 0) is 50.5 Å². The van der Waals surface area contributed by atoms with E-state index in [1.54, 1.807) is 24.3 Å². The molecule has 0 fully saturated rings. The normalized spacial score (nSPS) is 11.9. The quantitative estimate of drug-likeness (QED) is 0.0943. The van der Waals surface area contributed by atoms with E-state index in [0.717, 1.165) is 0 Å². The van der Waals surface area contributed by atoms with Gasteiger partial charge in [-0.2, -0.15) is 4.31 Å². The Morgan fingerprint density at radius 2 is 0.697 bits per heavy atom. The standard InChI is InChI=1S/C20H36O11P2/c1-5-9-23-13-17-27-32(21,28-18-14-24-10-6-2)31-33(22,29-19-15-25-11-7-3)30-20-16-26-12-8-4/h5-8H,1-4,9-20H2. The second-order valence-corrected chi connectivity index (χ2v) is 9.24. The summed E-state index contributed by atoms with van der Waals surface area (Å²) < 4.78 is 73.0. The molecule has 0 rings (SSSR count). The molecule has 0 aromatic rings. The van der Waals surface area contributed by atoms with Crippen molar-refractivity contribution in [2.45, 2.75) is 0 Å². The fraction of sp³-hybridized carbons (Fsp3) is 0.600. The van der Waals surface area contributed by atoms with Gasteiger partial charge in [0.15, 0.2) is 0 Å². The lowest BCUT2D eigenvalue weighted by Gasteiger charge is -2.23. The fourth-order valence-corrected chi connectivity index (χ4v) is 4.87. The minimum Gasteiger partial charge on any atom is -0.375 e. The Kier molecular flexibility index (Phi) is 21.0. The summed E-state index contributed by atoms with van der Waals surface area (Å²) in [5.41, 5.74) is 0. The van der Waals surface area contributed by atoms with Crippen molar-refractivity contribution in [2.75, 3.05) is 79.3 Å². The van der Waals surface area contributed by atoms with Gasteiger partial charge in [-0.3, -0.25) is 18.1 Å². The van der Waals surface area contributed by atoms with E-state index in [2.05, 4.69) is 26.3 Å². The molecule has 33 heavy (non-hydrogen) atoms. The maximum Gasteiger partial charge on any atom is 0.483 e. The fourth-order valence-electron chi connectivity index (χ4n) is 1.79. The summed E-state index contributed by atoms with van der Waals surface area (Å²) in [6, 6.07) is 0. The van der Waals surface area contributed by atoms with E-state index < -0.39 is 15.6 Å². The maximum atomic E-state index is 13.1. The molecule has 0 amide bonds. The van der Waals surface area contributed by atoms with Gasteiger partial charge in [-0.15, -0.1) is 26.3 Å². The van der Waals surface area contributed by atoms with Crippen molar-refractivity contribution in [3.63, 3.8) is 0 Å². The molecule has 11 nitrogen and oxygen atoms in total. The minimum atomic E-state index is -4.40. The molecule has 0 saturated heterocycles. The Morgan fingerprint density at radius 1 is 0.455 bits per heavy atom. The second kappa shape index (κ2) is 21.6. The average molecular weight is 514 g/mol. The average Bonchev–Trinajstić information content (AvgIpc) is 2.78. The number of hydrogen-bond donors (Lipinski definition) is 0. The predicted molar refractivity (Wildman–Crippen MR) is 124 cm³/mol. The van der Waals surface area contributed by atoms with Crippen molar-refractivity contribution in [1.29, 1.82) is 0 Å². The van der Waals surface area contributed by atoms with Crippen LogP contribution < -0.4 is 0 Å². The second-order valence-electron chi connectivity index (χ2n) is 5.76. The lowest BCUT2D eigenvalue weighted by Crippen LogP contribution is -2.12. The molecule has 0 spiro atoms. The van der Waals surface area contributed by atoms with Gasteiger partial charge in [0.2, 0.25) is 0 Å². The van der Waals surface area contributed by atoms with E-state index in [0.29, 0.717) is 0 Å². The third kappa shape index (κ3) is 19.1. The predicted octanol–water partition coefficient (Wildman–Crippen LogP) is 4.10. The molecule has 0 radical (unpaired) electrons. The molecule has 0 aliphatic carbocycles. The van der Waals surface area contributed by atoms with E-state index in [1.165, 1.54) is 0 Å². The summed E-state index contributed by atoms with van der Waals surface area (Å²) in [4.78, 5) is 0. The largest absolute Gasteiger partial charge is 0.483 e. The van der Waals surface area contributed by atoms with Crippen molar-refractivity contribution < 1.29 is 50.5 Å². The van der Waals surface area contributed by atoms with Crippen molar-refractivity contribution in [2.24, 2.45) is 0 Å². The molecule has 0 bridgehead atoms. The first-order valence-electron chi connectivity index (χ1n) is 10.2. The van der Waals surface area contributed by atoms with E-state index in [4.69, 9.17) is 41.4 Å². The van der Waals surface area contributed by atoms with Crippen LogP contribution in [0.4, 0.5) is 0 Å². The van der Waals surface area contributed by atoms with Gasteiger partial charge in [0.05, 0.1) is 79.3 Å². The Hall–Kier alpha value is -0.940. The molecule has 0 atom stereocenters. The summed E-state index contributed by atoms with van der Waals surface area (Å²) in [7, 11) is -8.80. The summed E-state index contributed by atoms with van der Waals surface area (Å²) in [6.07, 6.45) is 6.18. The minimum absolute atomic E-state index is 0.0620. The highest BCUT2D eigenvalue weighted by atomic mass is 31.3. The van der Waals surface area contributed by atoms with Crippen LogP contribution >= 0.6 is 15.6 Å². The van der Waals surface area contributed by atoms with Crippen LogP contribution in [0, 0.1) is 0 Å². The van der Waals surface area contributed by atoms with Gasteiger partial charge in [-0.1, -0.05) is 24.3 Å². The number of phosphoric ester groups is 2. The molecule has 0 heterocycles. The highest BCUT2D eigenvalue weighted by molar-refractivity contribution is 7.62. The van der Waals surface area contributed by atoms with Gasteiger partial charge in [0.25, 0.3) is 0 Å². The van der Waals surface area contributed by atoms with Crippen LogP contribution in [0.1, 0.15) is 0 Å². The summed E-state index contributed by atoms with van der Waals surface area (Å²) in [6.45, 7) is 14.7. The molecule has 0 unspecified atom stereocenters. The molecule has 0 aromatic heterocycles. The zero-order valence-electron chi connectivity index (χ0n) is 19.0. The van der Waals surface area contributed by atoms with E-state index >= 15 is 0 Å². The lowest BCUT2D eigenvalue weighted by atomic mass is 10.7. The van der Waals surface area contributed by atoms with Crippen LogP contribution in [0.15, 0.2) is 50.6 Å². The number of ether oxygens (including phenoxy) is 4. The van der Waals surface area contributed by atoms with Crippen molar-refractivity contribution in [3.8, 4) is 0 Å². The molecule has 0 saturated carbocycles. The summed E-state index contributed by atoms with van der Waals surface area (Å²) in [5, 5.41) is 0. The first kappa shape index (κ1) is 32.1. The van der Waals surface area contributed by atoms with E-state index in [1.807, 2.05) is 0 Å². The van der Waals surface area contributed by atoms with Gasteiger partial charge in [0.1, 0.15) is 0 Å². The highest BCUT2D eigenvalue weighted by Crippen LogP contribution is 2.65. The molecule has 0 aliphatic rings. The van der Waals surface area contributed by atoms with Gasteiger partial charge in [-0.25, -0.2) is 9.13 Å². The van der Waals surface area contributed by atoms with Crippen LogP contribution in [-0.4, -0.2) is 79.3 Å². The molecule has 0 aromatic carbocycles. The molecule has 0 N–H and O–H groups in total. The molecule has 13 heteroatoms. The molecular weight excluding hydrogens is 478 g/mol.